The van der Waals surface area contributed by atoms with Gasteiger partial charge in [-0.2, -0.15) is 0 Å². The number of halogens is 1. The van der Waals surface area contributed by atoms with Crippen molar-refractivity contribution in [3.63, 3.8) is 0 Å². The molecule has 2 N–H and O–H groups in total. The number of nitrogens with zero attached hydrogens (tertiary/aromatic N) is 3. The van der Waals surface area contributed by atoms with Crippen LogP contribution in [0.4, 0.5) is 5.69 Å². The molecule has 0 fully saturated rings. The van der Waals surface area contributed by atoms with Crippen LogP contribution in [0.3, 0.4) is 0 Å². The van der Waals surface area contributed by atoms with Crippen molar-refractivity contribution in [1.29, 1.82) is 5.41 Å². The fourth-order valence-corrected chi connectivity index (χ4v) is 3.89. The summed E-state index contributed by atoms with van der Waals surface area (Å²) >= 11 is 6.21. The summed E-state index contributed by atoms with van der Waals surface area (Å²) in [4.78, 5) is 6.34. The maximum Gasteiger partial charge on any atom is 0.148 e. The van der Waals surface area contributed by atoms with E-state index in [9.17, 15) is 5.11 Å². The number of fused-ring (bicyclic) bond motifs is 1. The molecule has 0 radical (unpaired) electrons. The number of aromatic nitrogens is 2. The third kappa shape index (κ3) is 2.98. The van der Waals surface area contributed by atoms with Crippen molar-refractivity contribution in [1.82, 2.24) is 9.55 Å². The van der Waals surface area contributed by atoms with E-state index in [4.69, 9.17) is 26.5 Å². The third-order valence-corrected chi connectivity index (χ3v) is 5.34. The summed E-state index contributed by atoms with van der Waals surface area (Å²) in [5.41, 5.74) is 2.77. The minimum Gasteiger partial charge on any atom is -0.509 e. The predicted octanol–water partition coefficient (Wildman–Crippen LogP) is 4.49. The van der Waals surface area contributed by atoms with E-state index in [0.29, 0.717) is 40.2 Å². The lowest BCUT2D eigenvalue weighted by Crippen LogP contribution is -2.27. The molecule has 0 spiro atoms. The van der Waals surface area contributed by atoms with Crippen LogP contribution in [0.5, 0.6) is 11.5 Å². The van der Waals surface area contributed by atoms with Crippen molar-refractivity contribution in [2.75, 3.05) is 25.7 Å². The summed E-state index contributed by atoms with van der Waals surface area (Å²) in [5, 5.41) is 20.0. The molecule has 2 heterocycles. The molecule has 7 nitrogen and oxygen atoms in total. The van der Waals surface area contributed by atoms with Gasteiger partial charge in [0.15, 0.2) is 0 Å². The van der Waals surface area contributed by atoms with Crippen molar-refractivity contribution in [3.8, 4) is 11.5 Å². The van der Waals surface area contributed by atoms with Crippen LogP contribution in [0.2, 0.25) is 5.02 Å². The van der Waals surface area contributed by atoms with Gasteiger partial charge in [0.2, 0.25) is 0 Å². The lowest BCUT2D eigenvalue weighted by atomic mass is 10.2. The summed E-state index contributed by atoms with van der Waals surface area (Å²) in [6.45, 7) is 2.80. The number of hydrogen-bond acceptors (Lipinski definition) is 5. The summed E-state index contributed by atoms with van der Waals surface area (Å²) in [7, 11) is 3.06. The number of aryl methyl sites for hydroxylation is 1. The minimum atomic E-state index is 0.0796. The van der Waals surface area contributed by atoms with Crippen LogP contribution in [0.25, 0.3) is 16.6 Å². The van der Waals surface area contributed by atoms with Gasteiger partial charge < -0.3 is 24.0 Å². The molecule has 8 heteroatoms. The Morgan fingerprint density at radius 3 is 2.59 bits per heavy atom. The second kappa shape index (κ2) is 7.33. The molecule has 0 unspecified atom stereocenters. The number of methoxy groups -OCH3 is 2. The topological polar surface area (TPSA) is 83.6 Å². The first kappa shape index (κ1) is 19.1. The molecular weight excluding hydrogens is 392 g/mol. The Bertz CT molecular complexity index is 1150. The van der Waals surface area contributed by atoms with E-state index >= 15 is 0 Å². The molecule has 2 aromatic carbocycles. The molecule has 4 rings (SSSR count). The molecule has 0 saturated heterocycles. The highest BCUT2D eigenvalue weighted by molar-refractivity contribution is 6.33. The monoisotopic (exact) mass is 412 g/mol. The number of anilines is 1. The second-order valence-electron chi connectivity index (χ2n) is 6.58. The number of ether oxygens (including phenoxy) is 2. The lowest BCUT2D eigenvalue weighted by molar-refractivity contribution is 0.400. The zero-order valence-electron chi connectivity index (χ0n) is 16.4. The van der Waals surface area contributed by atoms with E-state index in [1.807, 2.05) is 35.8 Å². The average Bonchev–Trinajstić information content (AvgIpc) is 3.23. The highest BCUT2D eigenvalue weighted by Gasteiger charge is 2.34. The van der Waals surface area contributed by atoms with Crippen molar-refractivity contribution in [2.45, 2.75) is 13.5 Å². The van der Waals surface area contributed by atoms with Crippen LogP contribution >= 0.6 is 11.6 Å². The summed E-state index contributed by atoms with van der Waals surface area (Å²) in [6.07, 6.45) is 0. The van der Waals surface area contributed by atoms with E-state index in [2.05, 4.69) is 4.98 Å². The average molecular weight is 413 g/mol. The lowest BCUT2D eigenvalue weighted by Gasteiger charge is -2.22. The van der Waals surface area contributed by atoms with Crippen molar-refractivity contribution >= 4 is 39.7 Å². The molecule has 0 atom stereocenters. The SMILES string of the molecule is CCn1c(C2=C(O)CN(c3cc(OC)c(Cl)cc3OC)C2=N)nc2ccccc21. The Labute approximate surface area is 173 Å². The van der Waals surface area contributed by atoms with E-state index in [-0.39, 0.29) is 18.1 Å². The van der Waals surface area contributed by atoms with Gasteiger partial charge in [-0.05, 0) is 19.1 Å². The molecule has 1 aliphatic rings. The Morgan fingerprint density at radius 1 is 1.17 bits per heavy atom. The second-order valence-corrected chi connectivity index (χ2v) is 6.99. The number of amidine groups is 1. The molecule has 0 saturated carbocycles. The smallest absolute Gasteiger partial charge is 0.148 e. The van der Waals surface area contributed by atoms with E-state index in [0.717, 1.165) is 11.0 Å². The Morgan fingerprint density at radius 2 is 1.90 bits per heavy atom. The first-order valence-corrected chi connectivity index (χ1v) is 9.53. The first-order chi connectivity index (χ1) is 14.0. The van der Waals surface area contributed by atoms with E-state index < -0.39 is 0 Å². The standard InChI is InChI=1S/C21H21ClN4O3/c1-4-25-14-8-6-5-7-13(14)24-21(25)19-16(27)11-26(20(19)23)15-10-17(28-2)12(22)9-18(15)29-3/h5-10,23,27H,4,11H2,1-3H3. The van der Waals surface area contributed by atoms with Crippen molar-refractivity contribution < 1.29 is 14.6 Å². The van der Waals surface area contributed by atoms with Crippen molar-refractivity contribution in [2.24, 2.45) is 0 Å². The number of rotatable bonds is 5. The van der Waals surface area contributed by atoms with Gasteiger partial charge in [0.25, 0.3) is 0 Å². The normalized spacial score (nSPS) is 14.2. The fourth-order valence-electron chi connectivity index (χ4n) is 3.66. The molecule has 1 aliphatic heterocycles. The number of nitrogens with one attached hydrogen (secondary N) is 1. The molecule has 1 aromatic heterocycles. The highest BCUT2D eigenvalue weighted by Crippen LogP contribution is 2.41. The zero-order chi connectivity index (χ0) is 20.7. The molecule has 0 bridgehead atoms. The van der Waals surface area contributed by atoms with Crippen molar-refractivity contribution in [3.05, 3.63) is 53.0 Å². The number of hydrogen-bond donors (Lipinski definition) is 2. The maximum atomic E-state index is 10.8. The van der Waals surface area contributed by atoms with Crippen LogP contribution in [0.1, 0.15) is 12.7 Å². The number of para-hydroxylation sites is 2. The number of imidazole rings is 1. The number of benzene rings is 2. The highest BCUT2D eigenvalue weighted by atomic mass is 35.5. The summed E-state index contributed by atoms with van der Waals surface area (Å²) in [5.74, 6) is 1.73. The van der Waals surface area contributed by atoms with Crippen LogP contribution < -0.4 is 14.4 Å². The zero-order valence-corrected chi connectivity index (χ0v) is 17.1. The van der Waals surface area contributed by atoms with Crippen LogP contribution in [-0.2, 0) is 6.54 Å². The minimum absolute atomic E-state index is 0.0796. The van der Waals surface area contributed by atoms with Gasteiger partial charge in [-0.3, -0.25) is 5.41 Å². The molecule has 150 valence electrons. The molecule has 3 aromatic rings. The van der Waals surface area contributed by atoms with Crippen LogP contribution in [0.15, 0.2) is 42.2 Å². The Hall–Kier alpha value is -3.19. The van der Waals surface area contributed by atoms with Crippen LogP contribution in [-0.4, -0.2) is 41.3 Å². The molecule has 0 aliphatic carbocycles. The maximum absolute atomic E-state index is 10.8. The van der Waals surface area contributed by atoms with Gasteiger partial charge in [0.1, 0.15) is 28.9 Å². The quantitative estimate of drug-likeness (QED) is 0.644. The summed E-state index contributed by atoms with van der Waals surface area (Å²) in [6, 6.07) is 11.1. The van der Waals surface area contributed by atoms with Gasteiger partial charge >= 0.3 is 0 Å². The van der Waals surface area contributed by atoms with Gasteiger partial charge in [-0.1, -0.05) is 23.7 Å². The Kier molecular flexibility index (Phi) is 4.84. The fraction of sp³-hybridized carbons (Fsp3) is 0.238. The van der Waals surface area contributed by atoms with Crippen LogP contribution in [0, 0.1) is 5.41 Å². The first-order valence-electron chi connectivity index (χ1n) is 9.15. The van der Waals surface area contributed by atoms with Gasteiger partial charge in [-0.15, -0.1) is 0 Å². The molecular formula is C21H21ClN4O3. The van der Waals surface area contributed by atoms with Gasteiger partial charge in [0.05, 0.1) is 48.1 Å². The largest absolute Gasteiger partial charge is 0.509 e. The van der Waals surface area contributed by atoms with E-state index in [1.54, 1.807) is 17.0 Å². The predicted molar refractivity (Wildman–Crippen MR) is 115 cm³/mol. The third-order valence-electron chi connectivity index (χ3n) is 5.04. The molecule has 0 amide bonds. The van der Waals surface area contributed by atoms with Gasteiger partial charge in [-0.25, -0.2) is 4.98 Å². The number of aliphatic hydroxyl groups is 1. The Balaban J connectivity index is 1.81. The number of aliphatic hydroxyl groups excluding tert-OH is 1. The summed E-state index contributed by atoms with van der Waals surface area (Å²) < 4.78 is 12.8. The molecule has 29 heavy (non-hydrogen) atoms. The van der Waals surface area contributed by atoms with E-state index in [1.165, 1.54) is 14.2 Å². The van der Waals surface area contributed by atoms with Gasteiger partial charge in [0, 0.05) is 18.7 Å².